The summed E-state index contributed by atoms with van der Waals surface area (Å²) in [4.78, 5) is 99.4. The fourth-order valence-corrected chi connectivity index (χ4v) is 13.6. The second kappa shape index (κ2) is 22.9. The number of H-pyrrole nitrogens is 2. The zero-order valence-electron chi connectivity index (χ0n) is 41.6. The number of nitrogen functional groups attached to an aromatic ring is 3. The maximum Gasteiger partial charge on any atom is 0.487 e. The van der Waals surface area contributed by atoms with E-state index in [1.165, 1.54) is 34.2 Å². The molecule has 3 aliphatic rings. The molecule has 0 saturated carbocycles. The minimum absolute atomic E-state index is 0.00136. The molecule has 0 amide bonds. The lowest BCUT2D eigenvalue weighted by Gasteiger charge is -2.31. The number of hydrogen-bond donors (Lipinski definition) is 11. The number of aromatic nitrogens is 12. The molecule has 40 nitrogen and oxygen atoms in total. The van der Waals surface area contributed by atoms with Gasteiger partial charge in [-0.15, -0.1) is 0 Å². The van der Waals surface area contributed by atoms with Crippen molar-refractivity contribution in [2.24, 2.45) is 7.05 Å². The Morgan fingerprint density at radius 2 is 1.35 bits per heavy atom. The molecule has 3 fully saturated rings. The van der Waals surface area contributed by atoms with Crippen molar-refractivity contribution >= 4 is 82.5 Å². The number of aryl methyl sites for hydroxylation is 1. The average Bonchev–Trinajstić information content (AvgIpc) is 4.24. The van der Waals surface area contributed by atoms with Crippen molar-refractivity contribution in [3.05, 3.63) is 46.0 Å². The quantitative estimate of drug-likeness (QED) is 0.0164. The topological polar surface area (TPSA) is 563 Å². The molecule has 6 aromatic heterocycles. The number of aromatic amines is 2. The van der Waals surface area contributed by atoms with Crippen molar-refractivity contribution in [1.29, 1.82) is 0 Å². The summed E-state index contributed by atoms with van der Waals surface area (Å²) in [6, 6.07) is 0. The highest BCUT2D eigenvalue weighted by Crippen LogP contribution is 2.67. The van der Waals surface area contributed by atoms with Crippen LogP contribution in [0.2, 0.25) is 0 Å². The first-order valence-electron chi connectivity index (χ1n) is 23.0. The van der Waals surface area contributed by atoms with Crippen LogP contribution in [0.5, 0.6) is 0 Å². The van der Waals surface area contributed by atoms with E-state index in [1.807, 2.05) is 0 Å². The third-order valence-electron chi connectivity index (χ3n) is 12.4. The largest absolute Gasteiger partial charge is 0.756 e. The van der Waals surface area contributed by atoms with Crippen LogP contribution in [0.1, 0.15) is 25.6 Å². The molecule has 3 aliphatic heterocycles. The van der Waals surface area contributed by atoms with E-state index < -0.39 is 135 Å². The maximum atomic E-state index is 13.7. The van der Waals surface area contributed by atoms with Gasteiger partial charge in [0.2, 0.25) is 24.5 Å². The number of methoxy groups -OCH3 is 2. The van der Waals surface area contributed by atoms with Crippen LogP contribution in [0.25, 0.3) is 33.5 Å². The van der Waals surface area contributed by atoms with Gasteiger partial charge in [-0.05, 0) is 6.92 Å². The van der Waals surface area contributed by atoms with Gasteiger partial charge in [-0.3, -0.25) is 46.8 Å². The van der Waals surface area contributed by atoms with Crippen LogP contribution in [-0.2, 0) is 80.4 Å². The van der Waals surface area contributed by atoms with E-state index in [9.17, 15) is 62.7 Å². The Balaban J connectivity index is 0.882. The number of anilines is 3. The van der Waals surface area contributed by atoms with Gasteiger partial charge in [0.1, 0.15) is 66.8 Å². The fourth-order valence-electron chi connectivity index (χ4n) is 9.02. The molecule has 80 heavy (non-hydrogen) atoms. The van der Waals surface area contributed by atoms with Gasteiger partial charge in [0.05, 0.1) is 52.2 Å². The average molecular weight is 1220 g/mol. The number of fused-ring (bicyclic) bond motifs is 3. The van der Waals surface area contributed by atoms with E-state index in [-0.39, 0.29) is 64.4 Å². The van der Waals surface area contributed by atoms with Gasteiger partial charge < -0.3 is 85.0 Å². The van der Waals surface area contributed by atoms with Crippen LogP contribution in [0.15, 0.2) is 34.9 Å². The van der Waals surface area contributed by atoms with E-state index in [2.05, 4.69) is 48.5 Å². The Hall–Kier alpha value is -5.19. The number of imidazole rings is 3. The predicted molar refractivity (Wildman–Crippen MR) is 257 cm³/mol. The van der Waals surface area contributed by atoms with Crippen LogP contribution in [0.3, 0.4) is 0 Å². The molecule has 0 spiro atoms. The first-order valence-corrected chi connectivity index (χ1v) is 29.0. The Morgan fingerprint density at radius 1 is 0.725 bits per heavy atom. The lowest BCUT2D eigenvalue weighted by atomic mass is 10.1. The molecule has 0 radical (unpaired) electrons. The van der Waals surface area contributed by atoms with E-state index >= 15 is 0 Å². The number of nitrogens with zero attached hydrogens (tertiary/aromatic N) is 10. The first-order chi connectivity index (χ1) is 37.6. The molecule has 0 aromatic carbocycles. The molecular weight excluding hydrogens is 1170 g/mol. The van der Waals surface area contributed by atoms with Crippen LogP contribution < -0.4 is 37.8 Å². The van der Waals surface area contributed by atoms with Gasteiger partial charge in [-0.25, -0.2) is 42.5 Å². The molecule has 6 aromatic rings. The molecule has 44 heteroatoms. The number of hydrogen-bond acceptors (Lipinski definition) is 31. The fraction of sp³-hybridized carbons (Fsp3) is 0.583. The van der Waals surface area contributed by atoms with Crippen molar-refractivity contribution in [3.63, 3.8) is 0 Å². The number of phosphoric ester groups is 3. The van der Waals surface area contributed by atoms with Crippen molar-refractivity contribution in [2.45, 2.75) is 86.6 Å². The lowest BCUT2D eigenvalue weighted by molar-refractivity contribution is -0.646. The first kappa shape index (κ1) is 59.4. The van der Waals surface area contributed by atoms with Crippen LogP contribution in [0, 0.1) is 0 Å². The normalized spacial score (nSPS) is 29.7. The lowest BCUT2D eigenvalue weighted by Crippen LogP contribution is -2.41. The highest BCUT2D eigenvalue weighted by Gasteiger charge is 2.55. The Kier molecular flexibility index (Phi) is 17.0. The summed E-state index contributed by atoms with van der Waals surface area (Å²) in [7, 11) is -20.0. The SMILES string of the molecule is COCCO[C@@H]1C(O)[C@H](n2c[n+](C)c3c(=O)[nH]c(N)nc32)O[C@@H]1[C@@H](C)OP(=O)([O-])OP(=O)(O)OP(=O)(O)OC[C@H]1O[C@@H](n2cnc3c(N)ncnc32)[C@@H](OC)C1OP(=O)(O)OC[C@H]1O[C@@H](n2cnc3c(=O)[nH]c(N)nc32)[C@@H](O)C1O. The zero-order chi connectivity index (χ0) is 58.0. The van der Waals surface area contributed by atoms with Crippen LogP contribution >= 0.6 is 31.3 Å². The minimum Gasteiger partial charge on any atom is -0.756 e. The van der Waals surface area contributed by atoms with E-state index in [4.69, 9.17) is 63.7 Å². The Morgan fingerprint density at radius 3 is 2.05 bits per heavy atom. The number of ether oxygens (including phenoxy) is 6. The molecule has 3 saturated heterocycles. The standard InChI is InChI=1S/C36H51N15O25P4/c1-13(22-24(67-6-5-65-3)21(54)33(72-22)51-12-48(2)18-29(51)45-36(39)47-31(18)56)73-79(61,62)76-80(63,64)75-78(59,60)69-8-15-23(25(66-4)34(71-15)49-10-42-16-26(37)40-9-41-27(16)49)74-77(57,58)68-7-14-19(52)20(53)32(70-14)50-11-43-17-28(50)44-35(38)46-30(17)55/h9-15,19-25,32-34,52-54H,5-8H2,1-4H3,(H11-,37,38,39,40,41,44,45,46,47,55,56,57,58,59,60,61,62,63,64)/t13-,14-,15-,19?,20+,21?,22-,23?,24-,25+,32-,33-,34-/m1/s1. The van der Waals surface area contributed by atoms with Crippen LogP contribution in [-0.4, -0.2) is 185 Å². The maximum absolute atomic E-state index is 13.7. The summed E-state index contributed by atoms with van der Waals surface area (Å²) < 4.78 is 122. The summed E-state index contributed by atoms with van der Waals surface area (Å²) in [6.45, 7) is -1.41. The highest BCUT2D eigenvalue weighted by molar-refractivity contribution is 7.66. The second-order valence-electron chi connectivity index (χ2n) is 17.7. The number of phosphoric acid groups is 4. The van der Waals surface area contributed by atoms with Crippen molar-refractivity contribution in [3.8, 4) is 0 Å². The molecule has 9 heterocycles. The number of nitrogens with two attached hydrogens (primary N) is 3. The number of nitrogens with one attached hydrogen (secondary N) is 2. The number of aliphatic hydroxyl groups excluding tert-OH is 3. The summed E-state index contributed by atoms with van der Waals surface area (Å²) in [5.41, 5.74) is 15.6. The van der Waals surface area contributed by atoms with E-state index in [1.54, 1.807) is 0 Å². The number of rotatable bonds is 23. The summed E-state index contributed by atoms with van der Waals surface area (Å²) >= 11 is 0. The van der Waals surface area contributed by atoms with E-state index in [0.717, 1.165) is 37.6 Å². The summed E-state index contributed by atoms with van der Waals surface area (Å²) in [6.07, 6.45) is -16.8. The smallest absolute Gasteiger partial charge is 0.487 e. The van der Waals surface area contributed by atoms with Crippen molar-refractivity contribution < 1.29 is 113 Å². The zero-order valence-corrected chi connectivity index (χ0v) is 45.2. The van der Waals surface area contributed by atoms with Gasteiger partial charge >= 0.3 is 29.0 Å². The third kappa shape index (κ3) is 12.1. The molecule has 9 rings (SSSR count). The summed E-state index contributed by atoms with van der Waals surface area (Å²) in [5, 5.41) is 33.2. The second-order valence-corrected chi connectivity index (χ2v) is 23.7. The molecule has 17 atom stereocenters. The molecule has 7 unspecified atom stereocenters. The van der Waals surface area contributed by atoms with Gasteiger partial charge in [-0.2, -0.15) is 18.8 Å². The minimum atomic E-state index is -6.30. The van der Waals surface area contributed by atoms with Gasteiger partial charge in [0.25, 0.3) is 24.5 Å². The monoisotopic (exact) mass is 1220 g/mol. The van der Waals surface area contributed by atoms with Gasteiger partial charge in [0.15, 0.2) is 35.1 Å². The predicted octanol–water partition coefficient (Wildman–Crippen LogP) is -4.28. The van der Waals surface area contributed by atoms with Crippen LogP contribution in [0.4, 0.5) is 17.7 Å². The highest BCUT2D eigenvalue weighted by atomic mass is 31.3. The van der Waals surface area contributed by atoms with Gasteiger partial charge in [0, 0.05) is 14.2 Å². The summed E-state index contributed by atoms with van der Waals surface area (Å²) in [5.74, 6) is -0.703. The Labute approximate surface area is 445 Å². The molecule has 0 bridgehead atoms. The molecule has 14 N–H and O–H groups in total. The number of aliphatic hydroxyl groups is 3. The van der Waals surface area contributed by atoms with Crippen molar-refractivity contribution in [1.82, 2.24) is 53.6 Å². The van der Waals surface area contributed by atoms with E-state index in [0.29, 0.717) is 0 Å². The van der Waals surface area contributed by atoms with Crippen molar-refractivity contribution in [2.75, 3.05) is 57.8 Å². The van der Waals surface area contributed by atoms with Gasteiger partial charge in [-0.1, -0.05) is 0 Å². The Bertz CT molecular complexity index is 3590. The third-order valence-corrected chi connectivity index (χ3v) is 17.7. The molecular formula is C36H51N15O25P4. The molecule has 440 valence electrons. The molecule has 0 aliphatic carbocycles.